The molecule has 8 heteroatoms. The van der Waals surface area contributed by atoms with Crippen LogP contribution in [0.15, 0.2) is 59.4 Å². The Labute approximate surface area is 179 Å². The van der Waals surface area contributed by atoms with Crippen LogP contribution in [0.5, 0.6) is 11.5 Å². The Hall–Kier alpha value is -3.65. The number of hydrogen-bond donors (Lipinski definition) is 3. The van der Waals surface area contributed by atoms with Gasteiger partial charge in [0.25, 0.3) is 5.56 Å². The second kappa shape index (κ2) is 8.23. The zero-order chi connectivity index (χ0) is 21.2. The van der Waals surface area contributed by atoms with Gasteiger partial charge in [0, 0.05) is 12.1 Å². The van der Waals surface area contributed by atoms with E-state index in [4.69, 9.17) is 15.6 Å². The van der Waals surface area contributed by atoms with Gasteiger partial charge in [-0.2, -0.15) is 10.2 Å². The number of ether oxygens (including phenoxy) is 1. The Morgan fingerprint density at radius 2 is 1.87 bits per heavy atom. The lowest BCUT2D eigenvalue weighted by Crippen LogP contribution is -2.32. The molecule has 0 spiro atoms. The summed E-state index contributed by atoms with van der Waals surface area (Å²) >= 11 is 0. The highest BCUT2D eigenvalue weighted by atomic mass is 16.5. The number of nitrogens with two attached hydrogens (primary N) is 1. The van der Waals surface area contributed by atoms with E-state index in [2.05, 4.69) is 15.5 Å². The van der Waals surface area contributed by atoms with Gasteiger partial charge in [-0.3, -0.25) is 9.48 Å². The van der Waals surface area contributed by atoms with E-state index in [1.54, 1.807) is 4.68 Å². The van der Waals surface area contributed by atoms with Gasteiger partial charge in [-0.1, -0.05) is 18.2 Å². The quantitative estimate of drug-likeness (QED) is 0.461. The summed E-state index contributed by atoms with van der Waals surface area (Å²) in [5, 5.41) is 15.3. The third kappa shape index (κ3) is 3.89. The fourth-order valence-electron chi connectivity index (χ4n) is 4.12. The summed E-state index contributed by atoms with van der Waals surface area (Å²) < 4.78 is 7.67. The number of para-hydroxylation sites is 1. The lowest BCUT2D eigenvalue weighted by Gasteiger charge is -2.22. The van der Waals surface area contributed by atoms with Crippen LogP contribution < -0.4 is 21.3 Å². The Balaban J connectivity index is 1.52. The van der Waals surface area contributed by atoms with Gasteiger partial charge >= 0.3 is 0 Å². The van der Waals surface area contributed by atoms with Gasteiger partial charge in [-0.15, -0.1) is 0 Å². The van der Waals surface area contributed by atoms with Crippen LogP contribution in [0.2, 0.25) is 0 Å². The average Bonchev–Trinajstić information content (AvgIpc) is 3.19. The largest absolute Gasteiger partial charge is 0.457 e. The molecule has 0 aliphatic carbocycles. The number of benzene rings is 2. The lowest BCUT2D eigenvalue weighted by atomic mass is 10.00. The number of fused-ring (bicyclic) bond motifs is 1. The highest BCUT2D eigenvalue weighted by molar-refractivity contribution is 5.99. The number of piperidine rings is 1. The van der Waals surface area contributed by atoms with E-state index >= 15 is 0 Å². The molecule has 5 rings (SSSR count). The molecular formula is C23H24N6O2. The van der Waals surface area contributed by atoms with Crippen LogP contribution in [-0.2, 0) is 6.54 Å². The molecule has 2 aromatic heterocycles. The number of nitrogen functional groups attached to an aromatic ring is 1. The summed E-state index contributed by atoms with van der Waals surface area (Å²) in [5.74, 6) is 2.17. The van der Waals surface area contributed by atoms with Crippen molar-refractivity contribution in [1.82, 2.24) is 25.3 Å². The SMILES string of the molecule is Nc1n[nH]c(=O)c2c1c(-c1ccc(Oc3ccccc3)cc1)nn2C[C@@H]1CCCNC1. The predicted molar refractivity (Wildman–Crippen MR) is 120 cm³/mol. The Bertz CT molecular complexity index is 1240. The average molecular weight is 416 g/mol. The molecule has 1 saturated heterocycles. The van der Waals surface area contributed by atoms with E-state index in [0.717, 1.165) is 43.0 Å². The summed E-state index contributed by atoms with van der Waals surface area (Å²) in [6.45, 7) is 2.61. The van der Waals surface area contributed by atoms with Gasteiger partial charge in [0.15, 0.2) is 5.82 Å². The molecule has 0 bridgehead atoms. The molecular weight excluding hydrogens is 392 g/mol. The van der Waals surface area contributed by atoms with E-state index in [1.807, 2.05) is 54.6 Å². The van der Waals surface area contributed by atoms with Crippen molar-refractivity contribution in [2.75, 3.05) is 18.8 Å². The normalized spacial score (nSPS) is 16.5. The van der Waals surface area contributed by atoms with Crippen molar-refractivity contribution in [2.45, 2.75) is 19.4 Å². The van der Waals surface area contributed by atoms with Crippen LogP contribution in [0.4, 0.5) is 5.82 Å². The molecule has 4 aromatic rings. The minimum atomic E-state index is -0.282. The number of nitrogens with one attached hydrogen (secondary N) is 2. The Morgan fingerprint density at radius 3 is 2.61 bits per heavy atom. The van der Waals surface area contributed by atoms with Crippen LogP contribution in [0.25, 0.3) is 22.2 Å². The first-order valence-electron chi connectivity index (χ1n) is 10.5. The number of aromatic amines is 1. The second-order valence-corrected chi connectivity index (χ2v) is 7.84. The molecule has 3 heterocycles. The summed E-state index contributed by atoms with van der Waals surface area (Å²) in [6.07, 6.45) is 2.23. The van der Waals surface area contributed by atoms with Crippen molar-refractivity contribution in [1.29, 1.82) is 0 Å². The maximum atomic E-state index is 12.6. The van der Waals surface area contributed by atoms with Crippen molar-refractivity contribution in [3.05, 3.63) is 65.0 Å². The molecule has 4 N–H and O–H groups in total. The second-order valence-electron chi connectivity index (χ2n) is 7.84. The molecule has 0 saturated carbocycles. The van der Waals surface area contributed by atoms with Crippen LogP contribution in [-0.4, -0.2) is 33.1 Å². The highest BCUT2D eigenvalue weighted by Gasteiger charge is 2.22. The van der Waals surface area contributed by atoms with E-state index in [1.165, 1.54) is 0 Å². The lowest BCUT2D eigenvalue weighted by molar-refractivity contribution is 0.329. The van der Waals surface area contributed by atoms with Gasteiger partial charge in [-0.25, -0.2) is 5.10 Å². The molecule has 158 valence electrons. The summed E-state index contributed by atoms with van der Waals surface area (Å²) in [6, 6.07) is 17.2. The van der Waals surface area contributed by atoms with Crippen LogP contribution in [0.1, 0.15) is 12.8 Å². The maximum absolute atomic E-state index is 12.6. The standard InChI is InChI=1S/C23H24N6O2/c24-22-19-20(16-8-10-18(11-9-16)31-17-6-2-1-3-7-17)28-29(21(19)23(30)27-26-22)14-15-5-4-12-25-13-15/h1-3,6-11,15,25H,4-5,12-14H2,(H2,24,26)(H,27,30)/t15-/m1/s1. The van der Waals surface area contributed by atoms with Gasteiger partial charge in [0.05, 0.1) is 5.39 Å². The van der Waals surface area contributed by atoms with Crippen molar-refractivity contribution >= 4 is 16.7 Å². The van der Waals surface area contributed by atoms with Crippen molar-refractivity contribution in [3.8, 4) is 22.8 Å². The first-order valence-corrected chi connectivity index (χ1v) is 10.5. The number of nitrogens with zero attached hydrogens (tertiary/aromatic N) is 3. The summed E-state index contributed by atoms with van der Waals surface area (Å²) in [7, 11) is 0. The number of hydrogen-bond acceptors (Lipinski definition) is 6. The number of aromatic nitrogens is 4. The Morgan fingerprint density at radius 1 is 1.10 bits per heavy atom. The minimum Gasteiger partial charge on any atom is -0.457 e. The zero-order valence-electron chi connectivity index (χ0n) is 17.0. The molecule has 1 aliphatic heterocycles. The first kappa shape index (κ1) is 19.3. The molecule has 2 aromatic carbocycles. The fourth-order valence-corrected chi connectivity index (χ4v) is 4.12. The van der Waals surface area contributed by atoms with E-state index < -0.39 is 0 Å². The highest BCUT2D eigenvalue weighted by Crippen LogP contribution is 2.32. The van der Waals surface area contributed by atoms with Gasteiger partial charge < -0.3 is 15.8 Å². The predicted octanol–water partition coefficient (Wildman–Crippen LogP) is 3.16. The molecule has 0 radical (unpaired) electrons. The molecule has 31 heavy (non-hydrogen) atoms. The number of rotatable bonds is 5. The zero-order valence-corrected chi connectivity index (χ0v) is 17.0. The van der Waals surface area contributed by atoms with Gasteiger partial charge in [0.1, 0.15) is 22.7 Å². The molecule has 0 unspecified atom stereocenters. The minimum absolute atomic E-state index is 0.266. The van der Waals surface area contributed by atoms with Gasteiger partial charge in [0.2, 0.25) is 0 Å². The van der Waals surface area contributed by atoms with E-state index in [-0.39, 0.29) is 11.4 Å². The number of anilines is 1. The molecule has 8 nitrogen and oxygen atoms in total. The molecule has 0 amide bonds. The third-order valence-electron chi connectivity index (χ3n) is 5.64. The van der Waals surface area contributed by atoms with Crippen LogP contribution in [0.3, 0.4) is 0 Å². The van der Waals surface area contributed by atoms with E-state index in [0.29, 0.717) is 29.1 Å². The van der Waals surface area contributed by atoms with E-state index in [9.17, 15) is 4.79 Å². The van der Waals surface area contributed by atoms with Crippen molar-refractivity contribution in [3.63, 3.8) is 0 Å². The first-order chi connectivity index (χ1) is 15.2. The molecule has 1 fully saturated rings. The summed E-state index contributed by atoms with van der Waals surface area (Å²) in [4.78, 5) is 12.6. The summed E-state index contributed by atoms with van der Waals surface area (Å²) in [5.41, 5.74) is 7.86. The van der Waals surface area contributed by atoms with Crippen LogP contribution >= 0.6 is 0 Å². The van der Waals surface area contributed by atoms with Crippen molar-refractivity contribution < 1.29 is 4.74 Å². The number of H-pyrrole nitrogens is 1. The maximum Gasteiger partial charge on any atom is 0.290 e. The smallest absolute Gasteiger partial charge is 0.290 e. The van der Waals surface area contributed by atoms with Crippen molar-refractivity contribution in [2.24, 2.45) is 5.92 Å². The molecule has 1 aliphatic rings. The molecule has 1 atom stereocenters. The topological polar surface area (TPSA) is 111 Å². The van der Waals surface area contributed by atoms with Gasteiger partial charge in [-0.05, 0) is 68.2 Å². The van der Waals surface area contributed by atoms with Crippen LogP contribution in [0, 0.1) is 5.92 Å². The fraction of sp³-hybridized carbons (Fsp3) is 0.261. The monoisotopic (exact) mass is 416 g/mol. The Kier molecular flexibility index (Phi) is 5.13. The third-order valence-corrected chi connectivity index (χ3v) is 5.64.